The molecule has 0 spiro atoms. The molecule has 1 atom stereocenters. The smallest absolute Gasteiger partial charge is 0.140 e. The summed E-state index contributed by atoms with van der Waals surface area (Å²) in [6.45, 7) is 7.99. The molecule has 5 nitrogen and oxygen atoms in total. The predicted molar refractivity (Wildman–Crippen MR) is 87.6 cm³/mol. The molecule has 0 amide bonds. The standard InChI is InChI=1S/C17H21N3O2/c1-4-9-22-14-7-8-20(11-14)17-15-10-13(21-3)5-6-16(15)18-12(2)19-17/h4-6,10,14H,1,7-9,11H2,2-3H3. The molecule has 0 N–H and O–H groups in total. The van der Waals surface area contributed by atoms with Crippen molar-refractivity contribution in [3.63, 3.8) is 0 Å². The van der Waals surface area contributed by atoms with E-state index in [-0.39, 0.29) is 6.10 Å². The maximum atomic E-state index is 5.76. The molecule has 1 saturated heterocycles. The maximum absolute atomic E-state index is 5.76. The van der Waals surface area contributed by atoms with E-state index in [1.807, 2.05) is 25.1 Å². The molecule has 0 bridgehead atoms. The fraction of sp³-hybridized carbons (Fsp3) is 0.412. The Labute approximate surface area is 130 Å². The predicted octanol–water partition coefficient (Wildman–Crippen LogP) is 2.73. The number of hydrogen-bond acceptors (Lipinski definition) is 5. The van der Waals surface area contributed by atoms with E-state index in [2.05, 4.69) is 21.4 Å². The second kappa shape index (κ2) is 6.32. The molecule has 1 aliphatic heterocycles. The molecule has 0 aliphatic carbocycles. The van der Waals surface area contributed by atoms with E-state index < -0.39 is 0 Å². The molecule has 1 unspecified atom stereocenters. The number of methoxy groups -OCH3 is 1. The van der Waals surface area contributed by atoms with Gasteiger partial charge in [-0.1, -0.05) is 6.08 Å². The first kappa shape index (κ1) is 14.8. The molecule has 1 aromatic heterocycles. The Hall–Kier alpha value is -2.14. The summed E-state index contributed by atoms with van der Waals surface area (Å²) < 4.78 is 11.1. The van der Waals surface area contributed by atoms with E-state index in [1.165, 1.54) is 0 Å². The van der Waals surface area contributed by atoms with Gasteiger partial charge >= 0.3 is 0 Å². The van der Waals surface area contributed by atoms with Crippen LogP contribution in [0.15, 0.2) is 30.9 Å². The van der Waals surface area contributed by atoms with Crippen molar-refractivity contribution in [1.82, 2.24) is 9.97 Å². The largest absolute Gasteiger partial charge is 0.497 e. The number of hydrogen-bond donors (Lipinski definition) is 0. The first-order valence-electron chi connectivity index (χ1n) is 7.51. The zero-order valence-electron chi connectivity index (χ0n) is 13.1. The van der Waals surface area contributed by atoms with Crippen LogP contribution in [0.1, 0.15) is 12.2 Å². The van der Waals surface area contributed by atoms with E-state index in [0.717, 1.165) is 47.8 Å². The van der Waals surface area contributed by atoms with Crippen molar-refractivity contribution >= 4 is 16.7 Å². The minimum Gasteiger partial charge on any atom is -0.497 e. The number of ether oxygens (including phenoxy) is 2. The van der Waals surface area contributed by atoms with E-state index in [9.17, 15) is 0 Å². The summed E-state index contributed by atoms with van der Waals surface area (Å²) in [4.78, 5) is 11.4. The molecule has 116 valence electrons. The Morgan fingerprint density at radius 3 is 3.05 bits per heavy atom. The number of fused-ring (bicyclic) bond motifs is 1. The van der Waals surface area contributed by atoms with Crippen LogP contribution in [-0.2, 0) is 4.74 Å². The van der Waals surface area contributed by atoms with Crippen LogP contribution >= 0.6 is 0 Å². The minimum absolute atomic E-state index is 0.230. The minimum atomic E-state index is 0.230. The van der Waals surface area contributed by atoms with E-state index in [0.29, 0.717) is 6.61 Å². The molecule has 22 heavy (non-hydrogen) atoms. The second-order valence-corrected chi connectivity index (χ2v) is 5.46. The lowest BCUT2D eigenvalue weighted by Crippen LogP contribution is -2.24. The molecule has 1 fully saturated rings. The Morgan fingerprint density at radius 1 is 1.41 bits per heavy atom. The van der Waals surface area contributed by atoms with Gasteiger partial charge in [-0.2, -0.15) is 0 Å². The SMILES string of the molecule is C=CCOC1CCN(c2nc(C)nc3ccc(OC)cc23)C1. The molecule has 0 saturated carbocycles. The van der Waals surface area contributed by atoms with Crippen molar-refractivity contribution in [1.29, 1.82) is 0 Å². The first-order chi connectivity index (χ1) is 10.7. The van der Waals surface area contributed by atoms with Crippen molar-refractivity contribution in [3.8, 4) is 5.75 Å². The summed E-state index contributed by atoms with van der Waals surface area (Å²) in [7, 11) is 1.67. The number of nitrogens with zero attached hydrogens (tertiary/aromatic N) is 3. The van der Waals surface area contributed by atoms with Gasteiger partial charge in [0.15, 0.2) is 0 Å². The summed E-state index contributed by atoms with van der Waals surface area (Å²) in [6.07, 6.45) is 3.02. The van der Waals surface area contributed by atoms with Crippen LogP contribution in [-0.4, -0.2) is 42.9 Å². The van der Waals surface area contributed by atoms with Crippen LogP contribution < -0.4 is 9.64 Å². The van der Waals surface area contributed by atoms with Gasteiger partial charge in [-0.3, -0.25) is 0 Å². The molecule has 3 rings (SSSR count). The summed E-state index contributed by atoms with van der Waals surface area (Å²) in [5.41, 5.74) is 0.943. The first-order valence-corrected chi connectivity index (χ1v) is 7.51. The van der Waals surface area contributed by atoms with Crippen LogP contribution in [0.5, 0.6) is 5.75 Å². The fourth-order valence-corrected chi connectivity index (χ4v) is 2.83. The van der Waals surface area contributed by atoms with Crippen molar-refractivity contribution in [2.45, 2.75) is 19.4 Å². The zero-order valence-corrected chi connectivity index (χ0v) is 13.1. The summed E-state index contributed by atoms with van der Waals surface area (Å²) in [5, 5.41) is 1.02. The maximum Gasteiger partial charge on any atom is 0.140 e. The number of aryl methyl sites for hydroxylation is 1. The van der Waals surface area contributed by atoms with Crippen LogP contribution in [0.2, 0.25) is 0 Å². The topological polar surface area (TPSA) is 47.5 Å². The zero-order chi connectivity index (χ0) is 15.5. The molecule has 5 heteroatoms. The van der Waals surface area contributed by atoms with Gasteiger partial charge in [-0.05, 0) is 31.5 Å². The third-order valence-electron chi connectivity index (χ3n) is 3.89. The number of benzene rings is 1. The third-order valence-corrected chi connectivity index (χ3v) is 3.89. The van der Waals surface area contributed by atoms with Gasteiger partial charge in [-0.15, -0.1) is 6.58 Å². The van der Waals surface area contributed by atoms with Gasteiger partial charge in [0.05, 0.1) is 25.3 Å². The highest BCUT2D eigenvalue weighted by molar-refractivity contribution is 5.90. The van der Waals surface area contributed by atoms with E-state index >= 15 is 0 Å². The van der Waals surface area contributed by atoms with Gasteiger partial charge in [0.2, 0.25) is 0 Å². The average Bonchev–Trinajstić information content (AvgIpc) is 3.00. The number of anilines is 1. The summed E-state index contributed by atoms with van der Waals surface area (Å²) >= 11 is 0. The molecule has 2 heterocycles. The highest BCUT2D eigenvalue weighted by atomic mass is 16.5. The lowest BCUT2D eigenvalue weighted by atomic mass is 10.2. The molecular formula is C17H21N3O2. The Balaban J connectivity index is 1.94. The van der Waals surface area contributed by atoms with Gasteiger partial charge < -0.3 is 14.4 Å². The lowest BCUT2D eigenvalue weighted by molar-refractivity contribution is 0.0909. The van der Waals surface area contributed by atoms with Crippen LogP contribution in [0.3, 0.4) is 0 Å². The number of rotatable bonds is 5. The van der Waals surface area contributed by atoms with Gasteiger partial charge in [0.25, 0.3) is 0 Å². The summed E-state index contributed by atoms with van der Waals surface area (Å²) in [6, 6.07) is 5.91. The molecule has 0 radical (unpaired) electrons. The lowest BCUT2D eigenvalue weighted by Gasteiger charge is -2.20. The van der Waals surface area contributed by atoms with Crippen LogP contribution in [0.4, 0.5) is 5.82 Å². The Kier molecular flexibility index (Phi) is 4.24. The van der Waals surface area contributed by atoms with Crippen LogP contribution in [0, 0.1) is 6.92 Å². The molecule has 2 aromatic rings. The van der Waals surface area contributed by atoms with Crippen molar-refractivity contribution in [3.05, 3.63) is 36.7 Å². The molecule has 1 aliphatic rings. The molecular weight excluding hydrogens is 278 g/mol. The van der Waals surface area contributed by atoms with Gasteiger partial charge in [-0.25, -0.2) is 9.97 Å². The third kappa shape index (κ3) is 2.90. The van der Waals surface area contributed by atoms with Gasteiger partial charge in [0, 0.05) is 18.5 Å². The van der Waals surface area contributed by atoms with Crippen molar-refractivity contribution in [2.24, 2.45) is 0 Å². The van der Waals surface area contributed by atoms with E-state index in [4.69, 9.17) is 9.47 Å². The van der Waals surface area contributed by atoms with Crippen molar-refractivity contribution < 1.29 is 9.47 Å². The molecule has 1 aromatic carbocycles. The number of aromatic nitrogens is 2. The normalized spacial score (nSPS) is 17.9. The average molecular weight is 299 g/mol. The van der Waals surface area contributed by atoms with Gasteiger partial charge in [0.1, 0.15) is 17.4 Å². The highest BCUT2D eigenvalue weighted by Gasteiger charge is 2.25. The summed E-state index contributed by atoms with van der Waals surface area (Å²) in [5.74, 6) is 2.56. The fourth-order valence-electron chi connectivity index (χ4n) is 2.83. The highest BCUT2D eigenvalue weighted by Crippen LogP contribution is 2.30. The Morgan fingerprint density at radius 2 is 2.27 bits per heavy atom. The Bertz CT molecular complexity index is 687. The second-order valence-electron chi connectivity index (χ2n) is 5.46. The quantitative estimate of drug-likeness (QED) is 0.795. The van der Waals surface area contributed by atoms with E-state index in [1.54, 1.807) is 13.2 Å². The van der Waals surface area contributed by atoms with Crippen molar-refractivity contribution in [2.75, 3.05) is 31.7 Å². The van der Waals surface area contributed by atoms with Crippen LogP contribution in [0.25, 0.3) is 10.9 Å². The monoisotopic (exact) mass is 299 g/mol.